The molecule has 2 rings (SSSR count). The SMILES string of the molecule is CCOc1ccc(NC(=O)NCCCOc2ccccc2C)cc1. The van der Waals surface area contributed by atoms with Crippen LogP contribution in [0.15, 0.2) is 48.5 Å². The van der Waals surface area contributed by atoms with Crippen LogP contribution in [0.1, 0.15) is 18.9 Å². The summed E-state index contributed by atoms with van der Waals surface area (Å²) in [5, 5.41) is 5.59. The molecular weight excluding hydrogens is 304 g/mol. The summed E-state index contributed by atoms with van der Waals surface area (Å²) >= 11 is 0. The van der Waals surface area contributed by atoms with E-state index in [4.69, 9.17) is 9.47 Å². The lowest BCUT2D eigenvalue weighted by Gasteiger charge is -2.10. The molecule has 2 N–H and O–H groups in total. The molecule has 0 fully saturated rings. The second kappa shape index (κ2) is 9.45. The zero-order valence-electron chi connectivity index (χ0n) is 14.2. The molecule has 5 nitrogen and oxygen atoms in total. The standard InChI is InChI=1S/C19H24N2O3/c1-3-23-17-11-9-16(10-12-17)21-19(22)20-13-6-14-24-18-8-5-4-7-15(18)2/h4-5,7-12H,3,6,13-14H2,1-2H3,(H2,20,21,22). The Bertz CT molecular complexity index is 641. The summed E-state index contributed by atoms with van der Waals surface area (Å²) in [6, 6.07) is 14.9. The lowest BCUT2D eigenvalue weighted by Crippen LogP contribution is -2.30. The van der Waals surface area contributed by atoms with Crippen molar-refractivity contribution in [3.63, 3.8) is 0 Å². The van der Waals surface area contributed by atoms with Crippen LogP contribution in [0.2, 0.25) is 0 Å². The summed E-state index contributed by atoms with van der Waals surface area (Å²) in [6.45, 7) is 5.68. The molecule has 0 heterocycles. The number of carbonyl (C=O) groups is 1. The molecule has 0 atom stereocenters. The number of hydrogen-bond donors (Lipinski definition) is 2. The zero-order valence-corrected chi connectivity index (χ0v) is 14.2. The van der Waals surface area contributed by atoms with Crippen LogP contribution in [-0.2, 0) is 0 Å². The van der Waals surface area contributed by atoms with Crippen molar-refractivity contribution in [1.29, 1.82) is 0 Å². The predicted octanol–water partition coefficient (Wildman–Crippen LogP) is 3.98. The first kappa shape index (κ1) is 17.7. The Labute approximate surface area is 143 Å². The first-order chi connectivity index (χ1) is 11.7. The van der Waals surface area contributed by atoms with Gasteiger partial charge in [0, 0.05) is 12.2 Å². The van der Waals surface area contributed by atoms with Crippen molar-refractivity contribution in [2.24, 2.45) is 0 Å². The Morgan fingerprint density at radius 3 is 2.50 bits per heavy atom. The number of hydrogen-bond acceptors (Lipinski definition) is 3. The molecule has 0 saturated heterocycles. The maximum Gasteiger partial charge on any atom is 0.319 e. The summed E-state index contributed by atoms with van der Waals surface area (Å²) < 4.78 is 11.0. The molecule has 0 aromatic heterocycles. The van der Waals surface area contributed by atoms with E-state index in [1.807, 2.05) is 62.4 Å². The zero-order chi connectivity index (χ0) is 17.2. The van der Waals surface area contributed by atoms with Crippen LogP contribution in [0.3, 0.4) is 0 Å². The van der Waals surface area contributed by atoms with Crippen LogP contribution >= 0.6 is 0 Å². The monoisotopic (exact) mass is 328 g/mol. The Morgan fingerprint density at radius 2 is 1.79 bits per heavy atom. The third-order valence-corrected chi connectivity index (χ3v) is 3.38. The fourth-order valence-corrected chi connectivity index (χ4v) is 2.15. The summed E-state index contributed by atoms with van der Waals surface area (Å²) in [5.74, 6) is 1.67. The molecule has 2 aromatic rings. The van der Waals surface area contributed by atoms with Gasteiger partial charge < -0.3 is 20.1 Å². The van der Waals surface area contributed by atoms with E-state index in [-0.39, 0.29) is 6.03 Å². The molecule has 0 bridgehead atoms. The normalized spacial score (nSPS) is 10.1. The average molecular weight is 328 g/mol. The second-order valence-electron chi connectivity index (χ2n) is 5.31. The number of anilines is 1. The molecule has 5 heteroatoms. The summed E-state index contributed by atoms with van der Waals surface area (Å²) in [7, 11) is 0. The first-order valence-electron chi connectivity index (χ1n) is 8.15. The number of ether oxygens (including phenoxy) is 2. The highest BCUT2D eigenvalue weighted by Gasteiger charge is 2.02. The van der Waals surface area contributed by atoms with Crippen molar-refractivity contribution >= 4 is 11.7 Å². The molecule has 0 spiro atoms. The van der Waals surface area contributed by atoms with Crippen molar-refractivity contribution in [2.45, 2.75) is 20.3 Å². The summed E-state index contributed by atoms with van der Waals surface area (Å²) in [4.78, 5) is 11.8. The number of nitrogens with one attached hydrogen (secondary N) is 2. The fraction of sp³-hybridized carbons (Fsp3) is 0.316. The molecule has 128 valence electrons. The Balaban J connectivity index is 1.63. The van der Waals surface area contributed by atoms with Crippen molar-refractivity contribution in [3.05, 3.63) is 54.1 Å². The third kappa shape index (κ3) is 5.83. The van der Waals surface area contributed by atoms with Crippen LogP contribution < -0.4 is 20.1 Å². The first-order valence-corrected chi connectivity index (χ1v) is 8.15. The number of rotatable bonds is 8. The van der Waals surface area contributed by atoms with Crippen molar-refractivity contribution in [3.8, 4) is 11.5 Å². The minimum absolute atomic E-state index is 0.227. The third-order valence-electron chi connectivity index (χ3n) is 3.38. The maximum atomic E-state index is 11.8. The van der Waals surface area contributed by atoms with Crippen molar-refractivity contribution in [1.82, 2.24) is 5.32 Å². The highest BCUT2D eigenvalue weighted by molar-refractivity contribution is 5.89. The molecule has 0 radical (unpaired) electrons. The number of amides is 2. The van der Waals surface area contributed by atoms with Crippen LogP contribution in [0.5, 0.6) is 11.5 Å². The van der Waals surface area contributed by atoms with Gasteiger partial charge in [-0.25, -0.2) is 4.79 Å². The Kier molecular flexibility index (Phi) is 6.95. The number of carbonyl (C=O) groups excluding carboxylic acids is 1. The number of urea groups is 1. The van der Waals surface area contributed by atoms with Gasteiger partial charge in [0.1, 0.15) is 11.5 Å². The quantitative estimate of drug-likeness (QED) is 0.721. The Morgan fingerprint density at radius 1 is 1.04 bits per heavy atom. The van der Waals surface area contributed by atoms with E-state index in [9.17, 15) is 4.79 Å². The van der Waals surface area contributed by atoms with Gasteiger partial charge in [-0.15, -0.1) is 0 Å². The number of benzene rings is 2. The molecule has 0 aliphatic rings. The van der Waals surface area contributed by atoms with E-state index in [2.05, 4.69) is 10.6 Å². The van der Waals surface area contributed by atoms with E-state index in [0.29, 0.717) is 19.8 Å². The average Bonchev–Trinajstić information content (AvgIpc) is 2.58. The van der Waals surface area contributed by atoms with E-state index in [1.165, 1.54) is 0 Å². The van der Waals surface area contributed by atoms with Gasteiger partial charge in [-0.2, -0.15) is 0 Å². The number of aryl methyl sites for hydroxylation is 1. The van der Waals surface area contributed by atoms with Gasteiger partial charge in [-0.1, -0.05) is 18.2 Å². The molecule has 24 heavy (non-hydrogen) atoms. The molecule has 0 aliphatic heterocycles. The summed E-state index contributed by atoms with van der Waals surface area (Å²) in [6.07, 6.45) is 0.741. The maximum absolute atomic E-state index is 11.8. The highest BCUT2D eigenvalue weighted by Crippen LogP contribution is 2.16. The van der Waals surface area contributed by atoms with E-state index >= 15 is 0 Å². The molecule has 2 amide bonds. The van der Waals surface area contributed by atoms with Gasteiger partial charge in [-0.05, 0) is 56.2 Å². The van der Waals surface area contributed by atoms with Gasteiger partial charge in [0.15, 0.2) is 0 Å². The van der Waals surface area contributed by atoms with E-state index in [0.717, 1.165) is 29.2 Å². The Hall–Kier alpha value is -2.69. The molecule has 2 aromatic carbocycles. The van der Waals surface area contributed by atoms with Crippen LogP contribution in [0, 0.1) is 6.92 Å². The molecule has 0 saturated carbocycles. The van der Waals surface area contributed by atoms with Crippen LogP contribution in [0.4, 0.5) is 10.5 Å². The van der Waals surface area contributed by atoms with Gasteiger partial charge in [0.05, 0.1) is 13.2 Å². The van der Waals surface area contributed by atoms with E-state index in [1.54, 1.807) is 0 Å². The van der Waals surface area contributed by atoms with E-state index < -0.39 is 0 Å². The minimum Gasteiger partial charge on any atom is -0.494 e. The lowest BCUT2D eigenvalue weighted by molar-refractivity contribution is 0.250. The predicted molar refractivity (Wildman–Crippen MR) is 95.9 cm³/mol. The van der Waals surface area contributed by atoms with Gasteiger partial charge in [0.25, 0.3) is 0 Å². The summed E-state index contributed by atoms with van der Waals surface area (Å²) in [5.41, 5.74) is 1.84. The lowest BCUT2D eigenvalue weighted by atomic mass is 10.2. The molecule has 0 unspecified atom stereocenters. The van der Waals surface area contributed by atoms with Gasteiger partial charge in [-0.3, -0.25) is 0 Å². The largest absolute Gasteiger partial charge is 0.494 e. The molecule has 0 aliphatic carbocycles. The second-order valence-corrected chi connectivity index (χ2v) is 5.31. The van der Waals surface area contributed by atoms with Crippen molar-refractivity contribution in [2.75, 3.05) is 25.1 Å². The highest BCUT2D eigenvalue weighted by atomic mass is 16.5. The minimum atomic E-state index is -0.227. The van der Waals surface area contributed by atoms with Gasteiger partial charge in [0.2, 0.25) is 0 Å². The topological polar surface area (TPSA) is 59.6 Å². The van der Waals surface area contributed by atoms with Crippen LogP contribution in [-0.4, -0.2) is 25.8 Å². The van der Waals surface area contributed by atoms with Crippen molar-refractivity contribution < 1.29 is 14.3 Å². The van der Waals surface area contributed by atoms with Crippen LogP contribution in [0.25, 0.3) is 0 Å². The molecular formula is C19H24N2O3. The van der Waals surface area contributed by atoms with Gasteiger partial charge >= 0.3 is 6.03 Å². The number of para-hydroxylation sites is 1. The smallest absolute Gasteiger partial charge is 0.319 e. The fourth-order valence-electron chi connectivity index (χ4n) is 2.15.